The number of anilines is 1. The molecule has 0 aliphatic heterocycles. The number of benzene rings is 1. The van der Waals surface area contributed by atoms with E-state index in [4.69, 9.17) is 9.84 Å². The maximum atomic E-state index is 12.0. The van der Waals surface area contributed by atoms with E-state index in [1.165, 1.54) is 11.4 Å². The number of aliphatic hydroxyl groups is 1. The Kier molecular flexibility index (Phi) is 6.77. The Labute approximate surface area is 120 Å². The number of hydrogen-bond acceptors (Lipinski definition) is 4. The van der Waals surface area contributed by atoms with Crippen LogP contribution < -0.4 is 9.46 Å². The Balaban J connectivity index is 2.63. The van der Waals surface area contributed by atoms with E-state index in [2.05, 4.69) is 4.72 Å². The highest BCUT2D eigenvalue weighted by Gasteiger charge is 2.16. The van der Waals surface area contributed by atoms with Crippen molar-refractivity contribution in [1.82, 2.24) is 4.31 Å². The topological polar surface area (TPSA) is 78.9 Å². The molecule has 0 saturated carbocycles. The van der Waals surface area contributed by atoms with Crippen LogP contribution in [0.5, 0.6) is 5.75 Å². The van der Waals surface area contributed by atoms with E-state index in [1.807, 2.05) is 6.92 Å². The Morgan fingerprint density at radius 3 is 2.50 bits per heavy atom. The fourth-order valence-corrected chi connectivity index (χ4v) is 2.44. The van der Waals surface area contributed by atoms with Gasteiger partial charge in [0.1, 0.15) is 5.75 Å². The highest BCUT2D eigenvalue weighted by Crippen LogP contribution is 2.17. The molecule has 0 unspecified atom stereocenters. The van der Waals surface area contributed by atoms with Crippen molar-refractivity contribution in [2.24, 2.45) is 0 Å². The third-order valence-electron chi connectivity index (χ3n) is 2.62. The number of nitrogens with one attached hydrogen (secondary N) is 1. The molecule has 20 heavy (non-hydrogen) atoms. The van der Waals surface area contributed by atoms with Crippen LogP contribution in [0.25, 0.3) is 0 Å². The molecule has 1 aromatic carbocycles. The van der Waals surface area contributed by atoms with Crippen molar-refractivity contribution in [3.8, 4) is 5.75 Å². The lowest BCUT2D eigenvalue weighted by Gasteiger charge is -2.18. The van der Waals surface area contributed by atoms with Gasteiger partial charge in [0.05, 0.1) is 12.3 Å². The number of hydrogen-bond donors (Lipinski definition) is 2. The summed E-state index contributed by atoms with van der Waals surface area (Å²) in [7, 11) is -2.11. The van der Waals surface area contributed by atoms with Crippen LogP contribution in [-0.4, -0.2) is 44.6 Å². The Hall–Kier alpha value is -1.31. The number of aliphatic hydroxyl groups excluding tert-OH is 1. The van der Waals surface area contributed by atoms with E-state index < -0.39 is 10.2 Å². The predicted octanol–water partition coefficient (Wildman–Crippen LogP) is 1.45. The molecule has 0 amide bonds. The van der Waals surface area contributed by atoms with Gasteiger partial charge in [0.2, 0.25) is 0 Å². The van der Waals surface area contributed by atoms with Crippen LogP contribution in [0.2, 0.25) is 0 Å². The normalized spacial score (nSPS) is 11.6. The number of ether oxygens (including phenoxy) is 1. The smallest absolute Gasteiger partial charge is 0.301 e. The quantitative estimate of drug-likeness (QED) is 0.723. The highest BCUT2D eigenvalue weighted by atomic mass is 32.2. The molecular formula is C13H22N2O4S. The molecule has 0 heterocycles. The standard InChI is InChI=1S/C13H22N2O4S/c1-3-11-19-13-7-5-12(6-8-13)14-20(17,18)15(2)9-4-10-16/h5-8,14,16H,3-4,9-11H2,1-2H3. The second kappa shape index (κ2) is 8.08. The molecule has 0 aromatic heterocycles. The van der Waals surface area contributed by atoms with Gasteiger partial charge in [0.15, 0.2) is 0 Å². The Bertz CT molecular complexity index is 488. The zero-order valence-electron chi connectivity index (χ0n) is 11.9. The molecule has 7 heteroatoms. The zero-order valence-corrected chi connectivity index (χ0v) is 12.7. The van der Waals surface area contributed by atoms with Crippen LogP contribution >= 0.6 is 0 Å². The summed E-state index contributed by atoms with van der Waals surface area (Å²) in [6.07, 6.45) is 1.32. The molecule has 2 N–H and O–H groups in total. The van der Waals surface area contributed by atoms with Crippen molar-refractivity contribution in [1.29, 1.82) is 0 Å². The van der Waals surface area contributed by atoms with Gasteiger partial charge in [-0.15, -0.1) is 0 Å². The third kappa shape index (κ3) is 5.36. The van der Waals surface area contributed by atoms with Gasteiger partial charge in [-0.25, -0.2) is 0 Å². The van der Waals surface area contributed by atoms with E-state index in [9.17, 15) is 8.42 Å². The summed E-state index contributed by atoms with van der Waals surface area (Å²) in [5.41, 5.74) is 0.477. The van der Waals surface area contributed by atoms with Crippen LogP contribution in [0.4, 0.5) is 5.69 Å². The summed E-state index contributed by atoms with van der Waals surface area (Å²) in [5, 5.41) is 8.72. The second-order valence-corrected chi connectivity index (χ2v) is 6.16. The Morgan fingerprint density at radius 2 is 1.95 bits per heavy atom. The third-order valence-corrected chi connectivity index (χ3v) is 4.11. The lowest BCUT2D eigenvalue weighted by atomic mass is 10.3. The van der Waals surface area contributed by atoms with Gasteiger partial charge in [0.25, 0.3) is 0 Å². The molecule has 0 atom stereocenters. The average Bonchev–Trinajstić information content (AvgIpc) is 2.43. The fourth-order valence-electron chi connectivity index (χ4n) is 1.48. The number of nitrogens with zero attached hydrogens (tertiary/aromatic N) is 1. The lowest BCUT2D eigenvalue weighted by molar-refractivity contribution is 0.276. The maximum Gasteiger partial charge on any atom is 0.301 e. The summed E-state index contributed by atoms with van der Waals surface area (Å²) < 4.78 is 33.0. The fraction of sp³-hybridized carbons (Fsp3) is 0.538. The molecule has 114 valence electrons. The average molecular weight is 302 g/mol. The van der Waals surface area contributed by atoms with E-state index >= 15 is 0 Å². The first-order chi connectivity index (χ1) is 9.49. The van der Waals surface area contributed by atoms with E-state index in [1.54, 1.807) is 24.3 Å². The minimum atomic E-state index is -3.58. The molecule has 1 rings (SSSR count). The zero-order chi connectivity index (χ0) is 15.0. The van der Waals surface area contributed by atoms with E-state index in [0.29, 0.717) is 24.5 Å². The van der Waals surface area contributed by atoms with Gasteiger partial charge in [-0.05, 0) is 37.1 Å². The van der Waals surface area contributed by atoms with Gasteiger partial charge in [0, 0.05) is 20.2 Å². The molecule has 0 fully saturated rings. The maximum absolute atomic E-state index is 12.0. The first-order valence-corrected chi connectivity index (χ1v) is 8.01. The summed E-state index contributed by atoms with van der Waals surface area (Å²) in [4.78, 5) is 0. The van der Waals surface area contributed by atoms with Crippen LogP contribution in [0, 0.1) is 0 Å². The van der Waals surface area contributed by atoms with Crippen molar-refractivity contribution in [2.45, 2.75) is 19.8 Å². The summed E-state index contributed by atoms with van der Waals surface area (Å²) in [6.45, 7) is 2.88. The van der Waals surface area contributed by atoms with Gasteiger partial charge >= 0.3 is 10.2 Å². The molecule has 0 saturated heterocycles. The van der Waals surface area contributed by atoms with Crippen LogP contribution in [0.1, 0.15) is 19.8 Å². The first kappa shape index (κ1) is 16.7. The van der Waals surface area contributed by atoms with Crippen LogP contribution in [-0.2, 0) is 10.2 Å². The number of rotatable bonds is 9. The van der Waals surface area contributed by atoms with E-state index in [-0.39, 0.29) is 13.2 Å². The molecule has 0 spiro atoms. The van der Waals surface area contributed by atoms with Crippen molar-refractivity contribution < 1.29 is 18.3 Å². The lowest BCUT2D eigenvalue weighted by Crippen LogP contribution is -2.33. The molecular weight excluding hydrogens is 280 g/mol. The molecule has 0 radical (unpaired) electrons. The van der Waals surface area contributed by atoms with Gasteiger partial charge in [-0.2, -0.15) is 12.7 Å². The SMILES string of the molecule is CCCOc1ccc(NS(=O)(=O)N(C)CCCO)cc1. The molecule has 6 nitrogen and oxygen atoms in total. The highest BCUT2D eigenvalue weighted by molar-refractivity contribution is 7.90. The molecule has 1 aromatic rings. The van der Waals surface area contributed by atoms with Gasteiger partial charge < -0.3 is 9.84 Å². The van der Waals surface area contributed by atoms with Crippen LogP contribution in [0.15, 0.2) is 24.3 Å². The monoisotopic (exact) mass is 302 g/mol. The Morgan fingerprint density at radius 1 is 1.30 bits per heavy atom. The van der Waals surface area contributed by atoms with Gasteiger partial charge in [-0.1, -0.05) is 6.92 Å². The second-order valence-electron chi connectivity index (χ2n) is 4.38. The van der Waals surface area contributed by atoms with Crippen LogP contribution in [0.3, 0.4) is 0 Å². The first-order valence-electron chi connectivity index (χ1n) is 6.57. The molecule has 0 bridgehead atoms. The molecule has 0 aliphatic carbocycles. The van der Waals surface area contributed by atoms with Crippen molar-refractivity contribution >= 4 is 15.9 Å². The van der Waals surface area contributed by atoms with Crippen molar-refractivity contribution in [2.75, 3.05) is 31.5 Å². The minimum Gasteiger partial charge on any atom is -0.494 e. The summed E-state index contributed by atoms with van der Waals surface area (Å²) in [5.74, 6) is 0.712. The van der Waals surface area contributed by atoms with Gasteiger partial charge in [-0.3, -0.25) is 4.72 Å². The summed E-state index contributed by atoms with van der Waals surface area (Å²) in [6, 6.07) is 6.76. The summed E-state index contributed by atoms with van der Waals surface area (Å²) >= 11 is 0. The van der Waals surface area contributed by atoms with Crippen molar-refractivity contribution in [3.63, 3.8) is 0 Å². The minimum absolute atomic E-state index is 0.0384. The predicted molar refractivity (Wildman–Crippen MR) is 79.1 cm³/mol. The molecule has 0 aliphatic rings. The largest absolute Gasteiger partial charge is 0.494 e. The van der Waals surface area contributed by atoms with E-state index in [0.717, 1.165) is 6.42 Å². The van der Waals surface area contributed by atoms with Crippen molar-refractivity contribution in [3.05, 3.63) is 24.3 Å².